The molecule has 0 bridgehead atoms. The second kappa shape index (κ2) is 6.04. The van der Waals surface area contributed by atoms with Crippen LogP contribution in [-0.2, 0) is 6.54 Å². The molecule has 0 aliphatic heterocycles. The number of nitrogens with zero attached hydrogens (tertiary/aromatic N) is 3. The van der Waals surface area contributed by atoms with Gasteiger partial charge in [-0.15, -0.1) is 0 Å². The summed E-state index contributed by atoms with van der Waals surface area (Å²) in [5, 5.41) is 4.42. The molecule has 3 aromatic heterocycles. The average molecular weight is 330 g/mol. The van der Waals surface area contributed by atoms with E-state index in [-0.39, 0.29) is 5.28 Å². The number of aromatic amines is 1. The van der Waals surface area contributed by atoms with Crippen molar-refractivity contribution in [1.82, 2.24) is 19.9 Å². The Morgan fingerprint density at radius 1 is 1.30 bits per heavy atom. The number of hydrogen-bond acceptors (Lipinski definition) is 5. The number of hydrogen-bond donors (Lipinski definition) is 2. The number of pyridine rings is 1. The fraction of sp³-hybridized carbons (Fsp3) is 0.312. The van der Waals surface area contributed by atoms with Gasteiger partial charge in [0, 0.05) is 25.0 Å². The summed E-state index contributed by atoms with van der Waals surface area (Å²) in [6.07, 6.45) is 6.11. The van der Waals surface area contributed by atoms with E-state index in [0.717, 1.165) is 23.2 Å². The largest absolute Gasteiger partial charge is 0.477 e. The second-order valence-corrected chi connectivity index (χ2v) is 6.03. The van der Waals surface area contributed by atoms with Gasteiger partial charge in [-0.2, -0.15) is 4.98 Å². The summed E-state index contributed by atoms with van der Waals surface area (Å²) in [4.78, 5) is 15.7. The molecule has 1 saturated carbocycles. The van der Waals surface area contributed by atoms with Crippen molar-refractivity contribution in [3.05, 3.63) is 41.4 Å². The van der Waals surface area contributed by atoms with E-state index in [9.17, 15) is 0 Å². The SMILES string of the molecule is Clc1nc(NCc2ccnc(OCC3CC3)c2)c2cc[nH]c2n1. The van der Waals surface area contributed by atoms with Crippen LogP contribution in [0.5, 0.6) is 5.88 Å². The molecular weight excluding hydrogens is 314 g/mol. The normalized spacial score (nSPS) is 14.1. The molecule has 0 aromatic carbocycles. The molecule has 0 radical (unpaired) electrons. The molecule has 0 amide bonds. The Morgan fingerprint density at radius 2 is 2.22 bits per heavy atom. The summed E-state index contributed by atoms with van der Waals surface area (Å²) in [7, 11) is 0. The van der Waals surface area contributed by atoms with Gasteiger partial charge >= 0.3 is 0 Å². The van der Waals surface area contributed by atoms with Gasteiger partial charge in [-0.25, -0.2) is 9.97 Å². The Labute approximate surface area is 138 Å². The van der Waals surface area contributed by atoms with Gasteiger partial charge < -0.3 is 15.0 Å². The number of H-pyrrole nitrogens is 1. The number of fused-ring (bicyclic) bond motifs is 1. The van der Waals surface area contributed by atoms with Crippen LogP contribution in [0.3, 0.4) is 0 Å². The Balaban J connectivity index is 1.47. The van der Waals surface area contributed by atoms with Crippen LogP contribution in [0.15, 0.2) is 30.6 Å². The van der Waals surface area contributed by atoms with E-state index in [1.165, 1.54) is 12.8 Å². The Bertz CT molecular complexity index is 830. The van der Waals surface area contributed by atoms with Crippen molar-refractivity contribution in [1.29, 1.82) is 0 Å². The van der Waals surface area contributed by atoms with Crippen LogP contribution >= 0.6 is 11.6 Å². The Morgan fingerprint density at radius 3 is 3.09 bits per heavy atom. The van der Waals surface area contributed by atoms with Gasteiger partial charge in [-0.1, -0.05) is 0 Å². The molecule has 0 spiro atoms. The maximum Gasteiger partial charge on any atom is 0.226 e. The number of ether oxygens (including phenoxy) is 1. The van der Waals surface area contributed by atoms with Gasteiger partial charge in [-0.05, 0) is 48.1 Å². The molecule has 0 atom stereocenters. The van der Waals surface area contributed by atoms with Crippen molar-refractivity contribution >= 4 is 28.5 Å². The van der Waals surface area contributed by atoms with E-state index >= 15 is 0 Å². The predicted octanol–water partition coefficient (Wildman–Crippen LogP) is 3.41. The van der Waals surface area contributed by atoms with Gasteiger partial charge in [0.1, 0.15) is 11.5 Å². The number of rotatable bonds is 6. The van der Waals surface area contributed by atoms with Gasteiger partial charge in [0.15, 0.2) is 0 Å². The molecule has 0 unspecified atom stereocenters. The number of aromatic nitrogens is 4. The first-order chi connectivity index (χ1) is 11.3. The van der Waals surface area contributed by atoms with Crippen molar-refractivity contribution < 1.29 is 4.74 Å². The van der Waals surface area contributed by atoms with E-state index < -0.39 is 0 Å². The molecule has 7 heteroatoms. The third-order valence-electron chi connectivity index (χ3n) is 3.81. The Kier molecular flexibility index (Phi) is 3.75. The van der Waals surface area contributed by atoms with Gasteiger partial charge in [0.2, 0.25) is 11.2 Å². The molecular formula is C16H16ClN5O. The third kappa shape index (κ3) is 3.37. The van der Waals surface area contributed by atoms with E-state index in [0.29, 0.717) is 24.2 Å². The van der Waals surface area contributed by atoms with Gasteiger partial charge in [0.25, 0.3) is 0 Å². The minimum atomic E-state index is 0.214. The van der Waals surface area contributed by atoms with Crippen LogP contribution in [0.1, 0.15) is 18.4 Å². The van der Waals surface area contributed by atoms with Crippen molar-refractivity contribution in [2.75, 3.05) is 11.9 Å². The summed E-state index contributed by atoms with van der Waals surface area (Å²) in [5.41, 5.74) is 1.79. The molecule has 0 saturated heterocycles. The fourth-order valence-corrected chi connectivity index (χ4v) is 2.53. The molecule has 1 aliphatic carbocycles. The highest BCUT2D eigenvalue weighted by Gasteiger charge is 2.22. The van der Waals surface area contributed by atoms with Gasteiger partial charge in [0.05, 0.1) is 12.0 Å². The molecule has 3 heterocycles. The number of halogens is 1. The summed E-state index contributed by atoms with van der Waals surface area (Å²) in [5.74, 6) is 2.09. The van der Waals surface area contributed by atoms with E-state index in [2.05, 4.69) is 25.3 Å². The first kappa shape index (κ1) is 14.3. The minimum Gasteiger partial charge on any atom is -0.477 e. The molecule has 2 N–H and O–H groups in total. The van der Waals surface area contributed by atoms with Crippen LogP contribution < -0.4 is 10.1 Å². The fourth-order valence-electron chi connectivity index (χ4n) is 2.36. The molecule has 1 fully saturated rings. The molecule has 1 aliphatic rings. The quantitative estimate of drug-likeness (QED) is 0.678. The zero-order valence-electron chi connectivity index (χ0n) is 12.4. The minimum absolute atomic E-state index is 0.214. The standard InChI is InChI=1S/C16H16ClN5O/c17-16-21-14-12(4-6-19-14)15(22-16)20-8-11-3-5-18-13(7-11)23-9-10-1-2-10/h3-7,10H,1-2,8-9H2,(H2,19,20,21,22). The molecule has 6 nitrogen and oxygen atoms in total. The monoisotopic (exact) mass is 329 g/mol. The van der Waals surface area contributed by atoms with Crippen LogP contribution in [0.25, 0.3) is 11.0 Å². The van der Waals surface area contributed by atoms with Gasteiger partial charge in [-0.3, -0.25) is 0 Å². The van der Waals surface area contributed by atoms with Crippen LogP contribution in [0.4, 0.5) is 5.82 Å². The first-order valence-electron chi connectivity index (χ1n) is 7.60. The van der Waals surface area contributed by atoms with Crippen molar-refractivity contribution in [3.63, 3.8) is 0 Å². The highest BCUT2D eigenvalue weighted by Crippen LogP contribution is 2.29. The number of anilines is 1. The predicted molar refractivity (Wildman–Crippen MR) is 88.7 cm³/mol. The summed E-state index contributed by atoms with van der Waals surface area (Å²) < 4.78 is 5.71. The zero-order chi connectivity index (χ0) is 15.6. The highest BCUT2D eigenvalue weighted by molar-refractivity contribution is 6.28. The number of nitrogens with one attached hydrogen (secondary N) is 2. The molecule has 23 heavy (non-hydrogen) atoms. The zero-order valence-corrected chi connectivity index (χ0v) is 13.2. The maximum absolute atomic E-state index is 5.95. The molecule has 3 aromatic rings. The summed E-state index contributed by atoms with van der Waals surface area (Å²) in [6, 6.07) is 5.82. The smallest absolute Gasteiger partial charge is 0.226 e. The molecule has 118 valence electrons. The van der Waals surface area contributed by atoms with E-state index in [1.54, 1.807) is 6.20 Å². The van der Waals surface area contributed by atoms with Crippen molar-refractivity contribution in [2.24, 2.45) is 5.92 Å². The third-order valence-corrected chi connectivity index (χ3v) is 3.98. The lowest BCUT2D eigenvalue weighted by atomic mass is 10.2. The van der Waals surface area contributed by atoms with Crippen molar-refractivity contribution in [2.45, 2.75) is 19.4 Å². The van der Waals surface area contributed by atoms with Crippen LogP contribution in [0.2, 0.25) is 5.28 Å². The van der Waals surface area contributed by atoms with Crippen LogP contribution in [0, 0.1) is 5.92 Å². The van der Waals surface area contributed by atoms with E-state index in [1.807, 2.05) is 24.4 Å². The lowest BCUT2D eigenvalue weighted by molar-refractivity contribution is 0.288. The second-order valence-electron chi connectivity index (χ2n) is 5.69. The summed E-state index contributed by atoms with van der Waals surface area (Å²) in [6.45, 7) is 1.37. The Hall–Kier alpha value is -2.34. The lowest BCUT2D eigenvalue weighted by Gasteiger charge is -2.09. The topological polar surface area (TPSA) is 75.7 Å². The van der Waals surface area contributed by atoms with E-state index in [4.69, 9.17) is 16.3 Å². The first-order valence-corrected chi connectivity index (χ1v) is 7.98. The maximum atomic E-state index is 5.95. The highest BCUT2D eigenvalue weighted by atomic mass is 35.5. The lowest BCUT2D eigenvalue weighted by Crippen LogP contribution is -2.05. The van der Waals surface area contributed by atoms with Crippen LogP contribution in [-0.4, -0.2) is 26.5 Å². The summed E-state index contributed by atoms with van der Waals surface area (Å²) >= 11 is 5.95. The van der Waals surface area contributed by atoms with Crippen molar-refractivity contribution in [3.8, 4) is 5.88 Å². The molecule has 4 rings (SSSR count). The average Bonchev–Trinajstić information content (AvgIpc) is 3.27.